The largest absolute Gasteiger partial charge is 0.378 e. The Balaban J connectivity index is 1.94. The molecule has 0 spiro atoms. The molecule has 0 radical (unpaired) electrons. The second kappa shape index (κ2) is 7.57. The first-order valence-corrected chi connectivity index (χ1v) is 7.79. The lowest BCUT2D eigenvalue weighted by molar-refractivity contribution is -0.137. The molecule has 1 saturated heterocycles. The second-order valence-electron chi connectivity index (χ2n) is 6.18. The third-order valence-corrected chi connectivity index (χ3v) is 3.81. The standard InChI is InChI=1S/C17H24N2O4/c1-12(2)10-15(20)18-13-4-6-14(7-5-13)19-16(21)17(22-3)8-9-23-11-17/h4-7,12H,8-11H2,1-3H3,(H,18,20)(H,19,21). The molecule has 1 aliphatic heterocycles. The third-order valence-electron chi connectivity index (χ3n) is 3.81. The Bertz CT molecular complexity index is 548. The van der Waals surface area contributed by atoms with Crippen LogP contribution in [0.3, 0.4) is 0 Å². The molecule has 1 atom stereocenters. The van der Waals surface area contributed by atoms with Gasteiger partial charge in [-0.1, -0.05) is 13.8 Å². The number of rotatable bonds is 6. The van der Waals surface area contributed by atoms with Crippen LogP contribution in [0.5, 0.6) is 0 Å². The minimum absolute atomic E-state index is 0.0155. The number of carbonyl (C=O) groups is 2. The van der Waals surface area contributed by atoms with Gasteiger partial charge < -0.3 is 20.1 Å². The monoisotopic (exact) mass is 320 g/mol. The molecule has 6 nitrogen and oxygen atoms in total. The molecule has 1 aliphatic rings. The van der Waals surface area contributed by atoms with Gasteiger partial charge in [0, 0.05) is 31.3 Å². The van der Waals surface area contributed by atoms with Crippen molar-refractivity contribution in [2.24, 2.45) is 5.92 Å². The zero-order valence-electron chi connectivity index (χ0n) is 13.8. The summed E-state index contributed by atoms with van der Waals surface area (Å²) in [6, 6.07) is 7.03. The maximum atomic E-state index is 12.4. The van der Waals surface area contributed by atoms with Gasteiger partial charge in [0.05, 0.1) is 13.2 Å². The molecule has 0 saturated carbocycles. The maximum Gasteiger partial charge on any atom is 0.259 e. The van der Waals surface area contributed by atoms with E-state index in [1.54, 1.807) is 24.3 Å². The van der Waals surface area contributed by atoms with E-state index < -0.39 is 5.60 Å². The number of hydrogen-bond acceptors (Lipinski definition) is 4. The topological polar surface area (TPSA) is 76.7 Å². The number of nitrogens with one attached hydrogen (secondary N) is 2. The van der Waals surface area contributed by atoms with Crippen molar-refractivity contribution in [3.63, 3.8) is 0 Å². The number of carbonyl (C=O) groups excluding carboxylic acids is 2. The molecule has 1 heterocycles. The van der Waals surface area contributed by atoms with Crippen molar-refractivity contribution >= 4 is 23.2 Å². The second-order valence-corrected chi connectivity index (χ2v) is 6.18. The highest BCUT2D eigenvalue weighted by molar-refractivity contribution is 5.98. The molecule has 2 N–H and O–H groups in total. The molecule has 0 aromatic heterocycles. The summed E-state index contributed by atoms with van der Waals surface area (Å²) in [6.45, 7) is 4.77. The lowest BCUT2D eigenvalue weighted by Gasteiger charge is -2.24. The normalized spacial score (nSPS) is 20.5. The van der Waals surface area contributed by atoms with Crippen molar-refractivity contribution in [1.29, 1.82) is 0 Å². The Morgan fingerprint density at radius 1 is 1.22 bits per heavy atom. The first kappa shape index (κ1) is 17.4. The Labute approximate surface area is 136 Å². The highest BCUT2D eigenvalue weighted by Crippen LogP contribution is 2.25. The van der Waals surface area contributed by atoms with Crippen LogP contribution < -0.4 is 10.6 Å². The average Bonchev–Trinajstić information content (AvgIpc) is 2.98. The summed E-state index contributed by atoms with van der Waals surface area (Å²) in [5.74, 6) is 0.0831. The number of amides is 2. The molecular formula is C17H24N2O4. The SMILES string of the molecule is COC1(C(=O)Nc2ccc(NC(=O)CC(C)C)cc2)CCOC1. The minimum Gasteiger partial charge on any atom is -0.378 e. The van der Waals surface area contributed by atoms with Crippen molar-refractivity contribution < 1.29 is 19.1 Å². The summed E-state index contributed by atoms with van der Waals surface area (Å²) >= 11 is 0. The van der Waals surface area contributed by atoms with E-state index in [9.17, 15) is 9.59 Å². The summed E-state index contributed by atoms with van der Waals surface area (Å²) in [7, 11) is 1.52. The molecule has 1 aromatic rings. The van der Waals surface area contributed by atoms with Crippen LogP contribution in [0.25, 0.3) is 0 Å². The van der Waals surface area contributed by atoms with E-state index in [1.165, 1.54) is 7.11 Å². The minimum atomic E-state index is -0.913. The zero-order valence-corrected chi connectivity index (χ0v) is 13.8. The number of anilines is 2. The van der Waals surface area contributed by atoms with E-state index in [0.29, 0.717) is 36.7 Å². The zero-order chi connectivity index (χ0) is 16.9. The van der Waals surface area contributed by atoms with E-state index in [2.05, 4.69) is 10.6 Å². The summed E-state index contributed by atoms with van der Waals surface area (Å²) in [4.78, 5) is 24.1. The van der Waals surface area contributed by atoms with Crippen LogP contribution in [0.2, 0.25) is 0 Å². The Kier molecular flexibility index (Phi) is 5.74. The van der Waals surface area contributed by atoms with Crippen LogP contribution >= 0.6 is 0 Å². The van der Waals surface area contributed by atoms with Gasteiger partial charge in [-0.15, -0.1) is 0 Å². The third kappa shape index (κ3) is 4.53. The molecule has 0 bridgehead atoms. The first-order chi connectivity index (χ1) is 10.9. The van der Waals surface area contributed by atoms with E-state index in [0.717, 1.165) is 0 Å². The number of hydrogen-bond donors (Lipinski definition) is 2. The van der Waals surface area contributed by atoms with E-state index >= 15 is 0 Å². The van der Waals surface area contributed by atoms with Gasteiger partial charge in [0.1, 0.15) is 0 Å². The smallest absolute Gasteiger partial charge is 0.259 e. The highest BCUT2D eigenvalue weighted by atomic mass is 16.6. The summed E-state index contributed by atoms with van der Waals surface area (Å²) in [6.07, 6.45) is 1.02. The van der Waals surface area contributed by atoms with Gasteiger partial charge in [0.2, 0.25) is 5.91 Å². The van der Waals surface area contributed by atoms with E-state index in [-0.39, 0.29) is 18.4 Å². The number of benzene rings is 1. The molecule has 23 heavy (non-hydrogen) atoms. The molecule has 1 unspecified atom stereocenters. The Hall–Kier alpha value is -1.92. The predicted octanol–water partition coefficient (Wildman–Crippen LogP) is 2.42. The van der Waals surface area contributed by atoms with Crippen LogP contribution in [0, 0.1) is 5.92 Å². The quantitative estimate of drug-likeness (QED) is 0.844. The fraction of sp³-hybridized carbons (Fsp3) is 0.529. The van der Waals surface area contributed by atoms with Gasteiger partial charge >= 0.3 is 0 Å². The van der Waals surface area contributed by atoms with Crippen molar-refractivity contribution in [1.82, 2.24) is 0 Å². The van der Waals surface area contributed by atoms with Gasteiger partial charge in [0.15, 0.2) is 5.60 Å². The average molecular weight is 320 g/mol. The maximum absolute atomic E-state index is 12.4. The molecule has 6 heteroatoms. The van der Waals surface area contributed by atoms with Gasteiger partial charge in [0.25, 0.3) is 5.91 Å². The summed E-state index contributed by atoms with van der Waals surface area (Å²) in [5, 5.41) is 5.66. The fourth-order valence-electron chi connectivity index (χ4n) is 2.44. The van der Waals surface area contributed by atoms with Crippen LogP contribution in [-0.4, -0.2) is 37.7 Å². The lowest BCUT2D eigenvalue weighted by Crippen LogP contribution is -2.45. The van der Waals surface area contributed by atoms with Crippen LogP contribution in [0.4, 0.5) is 11.4 Å². The molecule has 1 aromatic carbocycles. The van der Waals surface area contributed by atoms with Gasteiger partial charge in [-0.3, -0.25) is 9.59 Å². The first-order valence-electron chi connectivity index (χ1n) is 7.79. The van der Waals surface area contributed by atoms with Gasteiger partial charge in [-0.05, 0) is 30.2 Å². The molecule has 0 aliphatic carbocycles. The van der Waals surface area contributed by atoms with Crippen molar-refractivity contribution in [3.05, 3.63) is 24.3 Å². The Morgan fingerprint density at radius 2 is 1.83 bits per heavy atom. The fourth-order valence-corrected chi connectivity index (χ4v) is 2.44. The van der Waals surface area contributed by atoms with Crippen LogP contribution in [-0.2, 0) is 19.1 Å². The molecule has 2 rings (SSSR count). The van der Waals surface area contributed by atoms with E-state index in [4.69, 9.17) is 9.47 Å². The van der Waals surface area contributed by atoms with Crippen molar-refractivity contribution in [2.45, 2.75) is 32.3 Å². The molecule has 1 fully saturated rings. The number of ether oxygens (including phenoxy) is 2. The summed E-state index contributed by atoms with van der Waals surface area (Å²) < 4.78 is 10.6. The van der Waals surface area contributed by atoms with Crippen LogP contribution in [0.15, 0.2) is 24.3 Å². The predicted molar refractivity (Wildman–Crippen MR) is 88.3 cm³/mol. The van der Waals surface area contributed by atoms with E-state index in [1.807, 2.05) is 13.8 Å². The summed E-state index contributed by atoms with van der Waals surface area (Å²) in [5.41, 5.74) is 0.448. The van der Waals surface area contributed by atoms with Gasteiger partial charge in [-0.25, -0.2) is 0 Å². The molecular weight excluding hydrogens is 296 g/mol. The lowest BCUT2D eigenvalue weighted by atomic mass is 10.0. The molecule has 2 amide bonds. The van der Waals surface area contributed by atoms with Crippen molar-refractivity contribution in [2.75, 3.05) is 31.0 Å². The van der Waals surface area contributed by atoms with Gasteiger partial charge in [-0.2, -0.15) is 0 Å². The molecule has 126 valence electrons. The number of methoxy groups -OCH3 is 1. The van der Waals surface area contributed by atoms with Crippen molar-refractivity contribution in [3.8, 4) is 0 Å². The van der Waals surface area contributed by atoms with Crippen LogP contribution in [0.1, 0.15) is 26.7 Å². The Morgan fingerprint density at radius 3 is 2.30 bits per heavy atom. The highest BCUT2D eigenvalue weighted by Gasteiger charge is 2.42.